The first-order valence-electron chi connectivity index (χ1n) is 7.91. The fraction of sp³-hybridized carbons (Fsp3) is 0.500. The number of hydrogen-bond acceptors (Lipinski definition) is 9. The summed E-state index contributed by atoms with van der Waals surface area (Å²) in [5.41, 5.74) is 1.06. The number of aliphatic hydroxyl groups excluding tert-OH is 3. The number of ether oxygens (including phenoxy) is 2. The highest BCUT2D eigenvalue weighted by atomic mass is 32.1. The van der Waals surface area contributed by atoms with E-state index in [1.807, 2.05) is 0 Å². The smallest absolute Gasteiger partial charge is 0.396 e. The maximum Gasteiger partial charge on any atom is 0.396 e. The van der Waals surface area contributed by atoms with Gasteiger partial charge in [0.15, 0.2) is 0 Å². The monoisotopic (exact) mass is 385 g/mol. The summed E-state index contributed by atoms with van der Waals surface area (Å²) < 4.78 is 17.0. The molecule has 26 heavy (non-hydrogen) atoms. The van der Waals surface area contributed by atoms with Crippen LogP contribution >= 0.6 is 11.3 Å². The zero-order valence-corrected chi connectivity index (χ0v) is 14.9. The van der Waals surface area contributed by atoms with Gasteiger partial charge in [0, 0.05) is 12.5 Å². The molecule has 1 amide bonds. The Morgan fingerprint density at radius 2 is 2.08 bits per heavy atom. The highest BCUT2D eigenvalue weighted by Gasteiger charge is 2.46. The first-order valence-corrected chi connectivity index (χ1v) is 8.73. The summed E-state index contributed by atoms with van der Waals surface area (Å²) >= 11 is 0.930. The zero-order valence-electron chi connectivity index (χ0n) is 14.0. The minimum Gasteiger partial charge on any atom is -0.462 e. The lowest BCUT2D eigenvalue weighted by molar-refractivity contribution is -0.244. The van der Waals surface area contributed by atoms with E-state index in [4.69, 9.17) is 13.9 Å². The van der Waals surface area contributed by atoms with Crippen LogP contribution in [-0.2, 0) is 9.53 Å². The molecule has 4 N–H and O–H groups in total. The second kappa shape index (κ2) is 7.33. The Morgan fingerprint density at radius 1 is 1.35 bits per heavy atom. The van der Waals surface area contributed by atoms with Crippen LogP contribution in [0.1, 0.15) is 12.5 Å². The van der Waals surface area contributed by atoms with Crippen LogP contribution in [0, 0.1) is 6.92 Å². The SMILES string of the molecule is CC(=O)N[C@H]1[C@@H](Oc2ccc3oc(=O)sc3c2C)O[C@H](CO)[C@H](O)[C@H]1O. The molecule has 2 aromatic rings. The first-order chi connectivity index (χ1) is 12.3. The molecule has 10 heteroatoms. The lowest BCUT2D eigenvalue weighted by Crippen LogP contribution is -2.65. The quantitative estimate of drug-likeness (QED) is 0.552. The van der Waals surface area contributed by atoms with E-state index < -0.39 is 48.1 Å². The second-order valence-electron chi connectivity index (χ2n) is 6.02. The van der Waals surface area contributed by atoms with E-state index in [9.17, 15) is 24.9 Å². The molecule has 0 spiro atoms. The molecule has 9 nitrogen and oxygen atoms in total. The highest BCUT2D eigenvalue weighted by Crippen LogP contribution is 2.32. The number of aliphatic hydroxyl groups is 3. The molecule has 0 bridgehead atoms. The molecule has 3 rings (SSSR count). The maximum atomic E-state index is 11.4. The van der Waals surface area contributed by atoms with Crippen LogP contribution in [-0.4, -0.2) is 58.5 Å². The topological polar surface area (TPSA) is 138 Å². The molecule has 5 atom stereocenters. The minimum atomic E-state index is -1.40. The van der Waals surface area contributed by atoms with Gasteiger partial charge in [-0.15, -0.1) is 0 Å². The Hall–Kier alpha value is -1.98. The average Bonchev–Trinajstić information content (AvgIpc) is 2.97. The molecule has 142 valence electrons. The van der Waals surface area contributed by atoms with Crippen LogP contribution < -0.4 is 15.0 Å². The van der Waals surface area contributed by atoms with Crippen molar-refractivity contribution in [1.82, 2.24) is 5.32 Å². The third-order valence-electron chi connectivity index (χ3n) is 4.19. The number of benzene rings is 1. The molecule has 1 aromatic carbocycles. The molecule has 1 aliphatic rings. The number of hydrogen-bond donors (Lipinski definition) is 4. The maximum absolute atomic E-state index is 11.4. The Kier molecular flexibility index (Phi) is 5.30. The minimum absolute atomic E-state index is 0.357. The Bertz CT molecular complexity index is 862. The van der Waals surface area contributed by atoms with Crippen molar-refractivity contribution in [2.75, 3.05) is 6.61 Å². The normalized spacial score (nSPS) is 28.9. The van der Waals surface area contributed by atoms with Gasteiger partial charge < -0.3 is 34.5 Å². The average molecular weight is 385 g/mol. The summed E-state index contributed by atoms with van der Waals surface area (Å²) in [6.07, 6.45) is -5.02. The van der Waals surface area contributed by atoms with Crippen molar-refractivity contribution in [3.63, 3.8) is 0 Å². The number of aryl methyl sites for hydroxylation is 1. The van der Waals surface area contributed by atoms with Gasteiger partial charge in [-0.05, 0) is 19.1 Å². The number of amides is 1. The van der Waals surface area contributed by atoms with Crippen molar-refractivity contribution >= 4 is 27.5 Å². The Balaban J connectivity index is 1.93. The van der Waals surface area contributed by atoms with Crippen molar-refractivity contribution in [1.29, 1.82) is 0 Å². The molecular formula is C16H19NO8S. The third kappa shape index (κ3) is 3.46. The van der Waals surface area contributed by atoms with E-state index in [-0.39, 0.29) is 0 Å². The van der Waals surface area contributed by atoms with Gasteiger partial charge in [0.25, 0.3) is 0 Å². The van der Waals surface area contributed by atoms with Crippen molar-refractivity contribution in [3.8, 4) is 5.75 Å². The summed E-state index contributed by atoms with van der Waals surface area (Å²) in [6, 6.07) is 2.09. The van der Waals surface area contributed by atoms with E-state index in [1.54, 1.807) is 19.1 Å². The first kappa shape index (κ1) is 18.8. The molecule has 1 fully saturated rings. The Labute approximate surface area is 151 Å². The van der Waals surface area contributed by atoms with E-state index in [0.29, 0.717) is 21.6 Å². The summed E-state index contributed by atoms with van der Waals surface area (Å²) in [7, 11) is 0. The van der Waals surface area contributed by atoms with Crippen LogP contribution in [0.2, 0.25) is 0 Å². The predicted octanol–water partition coefficient (Wildman–Crippen LogP) is -0.515. The lowest BCUT2D eigenvalue weighted by Gasteiger charge is -2.42. The highest BCUT2D eigenvalue weighted by molar-refractivity contribution is 7.16. The summed E-state index contributed by atoms with van der Waals surface area (Å²) in [6.45, 7) is 2.45. The van der Waals surface area contributed by atoms with Gasteiger partial charge in [-0.25, -0.2) is 4.79 Å². The summed E-state index contributed by atoms with van der Waals surface area (Å²) in [4.78, 5) is 22.4. The van der Waals surface area contributed by atoms with Crippen LogP contribution in [0.3, 0.4) is 0 Å². The summed E-state index contributed by atoms with van der Waals surface area (Å²) in [5.74, 6) is -0.0868. The molecular weight excluding hydrogens is 366 g/mol. The van der Waals surface area contributed by atoms with E-state index >= 15 is 0 Å². The van der Waals surface area contributed by atoms with E-state index in [1.165, 1.54) is 6.92 Å². The van der Waals surface area contributed by atoms with E-state index in [2.05, 4.69) is 5.32 Å². The van der Waals surface area contributed by atoms with Gasteiger partial charge in [-0.2, -0.15) is 0 Å². The zero-order chi connectivity index (χ0) is 19.0. The van der Waals surface area contributed by atoms with Crippen LogP contribution in [0.5, 0.6) is 5.75 Å². The third-order valence-corrected chi connectivity index (χ3v) is 5.15. The molecule has 0 saturated carbocycles. The molecule has 0 unspecified atom stereocenters. The molecule has 0 aliphatic carbocycles. The molecule has 2 heterocycles. The van der Waals surface area contributed by atoms with Crippen LogP contribution in [0.15, 0.2) is 21.3 Å². The van der Waals surface area contributed by atoms with Gasteiger partial charge in [0.2, 0.25) is 12.2 Å². The number of fused-ring (bicyclic) bond motifs is 1. The predicted molar refractivity (Wildman–Crippen MR) is 91.1 cm³/mol. The fourth-order valence-corrected chi connectivity index (χ4v) is 3.64. The van der Waals surface area contributed by atoms with Gasteiger partial charge in [-0.3, -0.25) is 4.79 Å². The van der Waals surface area contributed by atoms with Gasteiger partial charge in [0.1, 0.15) is 35.7 Å². The van der Waals surface area contributed by atoms with Crippen molar-refractivity contribution in [2.24, 2.45) is 0 Å². The Morgan fingerprint density at radius 3 is 2.73 bits per heavy atom. The van der Waals surface area contributed by atoms with Crippen molar-refractivity contribution < 1.29 is 34.0 Å². The molecule has 1 aliphatic heterocycles. The molecule has 1 saturated heterocycles. The van der Waals surface area contributed by atoms with Gasteiger partial charge >= 0.3 is 4.94 Å². The second-order valence-corrected chi connectivity index (χ2v) is 6.97. The van der Waals surface area contributed by atoms with Crippen molar-refractivity contribution in [2.45, 2.75) is 44.5 Å². The van der Waals surface area contributed by atoms with Crippen LogP contribution in [0.25, 0.3) is 10.3 Å². The lowest BCUT2D eigenvalue weighted by atomic mass is 9.97. The standard InChI is InChI=1S/C16H19NO8S/c1-6-8(3-4-9-14(6)26-16(22)25-9)23-15-11(17-7(2)19)13(21)12(20)10(5-18)24-15/h3-4,10-13,15,18,20-21H,5H2,1-2H3,(H,17,19)/t10-,11-,12+,13+,15+/m1/s1. The number of rotatable bonds is 4. The summed E-state index contributed by atoms with van der Waals surface area (Å²) in [5, 5.41) is 32.1. The molecule has 0 radical (unpaired) electrons. The van der Waals surface area contributed by atoms with E-state index in [0.717, 1.165) is 11.3 Å². The number of carbonyl (C=O) groups excluding carboxylic acids is 1. The fourth-order valence-electron chi connectivity index (χ4n) is 2.87. The molecule has 1 aromatic heterocycles. The number of carbonyl (C=O) groups is 1. The van der Waals surface area contributed by atoms with Crippen molar-refractivity contribution in [3.05, 3.63) is 27.4 Å². The van der Waals surface area contributed by atoms with Crippen LogP contribution in [0.4, 0.5) is 0 Å². The largest absolute Gasteiger partial charge is 0.462 e. The van der Waals surface area contributed by atoms with Gasteiger partial charge in [-0.1, -0.05) is 11.3 Å². The van der Waals surface area contributed by atoms with Gasteiger partial charge in [0.05, 0.1) is 11.3 Å². The number of nitrogens with one attached hydrogen (secondary N) is 1.